The van der Waals surface area contributed by atoms with Crippen LogP contribution in [0.2, 0.25) is 0 Å². The predicted octanol–water partition coefficient (Wildman–Crippen LogP) is 0.781. The summed E-state index contributed by atoms with van der Waals surface area (Å²) in [4.78, 5) is 0. The molecule has 3 rings (SSSR count). The number of hydrogen-bond acceptors (Lipinski definition) is 6. The van der Waals surface area contributed by atoms with Crippen molar-refractivity contribution in [2.24, 2.45) is 0 Å². The molecule has 1 aliphatic heterocycles. The molecule has 1 heterocycles. The van der Waals surface area contributed by atoms with Crippen molar-refractivity contribution in [2.45, 2.75) is 30.7 Å². The number of halogens is 1. The smallest absolute Gasteiger partial charge is 0.229 e. The van der Waals surface area contributed by atoms with Gasteiger partial charge in [0.25, 0.3) is 0 Å². The van der Waals surface area contributed by atoms with Crippen LogP contribution in [0.1, 0.15) is 0 Å². The minimum absolute atomic E-state index is 0.448. The average Bonchev–Trinajstić information content (AvgIpc) is 2.55. The van der Waals surface area contributed by atoms with E-state index in [1.54, 1.807) is 12.1 Å². The molecule has 4 N–H and O–H groups in total. The third-order valence-corrected chi connectivity index (χ3v) is 4.37. The largest absolute Gasteiger partial charge is 0.462 e. The Morgan fingerprint density at radius 3 is 2.39 bits per heavy atom. The zero-order valence-electron chi connectivity index (χ0n) is 12.0. The van der Waals surface area contributed by atoms with Gasteiger partial charge < -0.3 is 29.9 Å². The quantitative estimate of drug-likeness (QED) is 0.624. The van der Waals surface area contributed by atoms with Crippen LogP contribution >= 0.6 is 15.9 Å². The normalized spacial score (nSPS) is 31.3. The van der Waals surface area contributed by atoms with Gasteiger partial charge in [-0.2, -0.15) is 0 Å². The zero-order chi connectivity index (χ0) is 16.6. The fraction of sp³-hybridized carbons (Fsp3) is 0.375. The number of aliphatic hydroxyl groups excluding tert-OH is 4. The lowest BCUT2D eigenvalue weighted by atomic mass is 9.99. The van der Waals surface area contributed by atoms with E-state index in [0.717, 1.165) is 15.2 Å². The van der Waals surface area contributed by atoms with Gasteiger partial charge in [0.1, 0.15) is 30.2 Å². The summed E-state index contributed by atoms with van der Waals surface area (Å²) < 4.78 is 11.9. The number of fused-ring (bicyclic) bond motifs is 1. The van der Waals surface area contributed by atoms with E-state index in [-0.39, 0.29) is 0 Å². The Hall–Kier alpha value is -1.22. The van der Waals surface area contributed by atoms with Crippen LogP contribution in [0.4, 0.5) is 0 Å². The van der Waals surface area contributed by atoms with Crippen molar-refractivity contribution in [1.29, 1.82) is 0 Å². The van der Waals surface area contributed by atoms with E-state index in [4.69, 9.17) is 9.47 Å². The van der Waals surface area contributed by atoms with Crippen LogP contribution in [0.5, 0.6) is 5.75 Å². The van der Waals surface area contributed by atoms with E-state index in [2.05, 4.69) is 15.9 Å². The molecule has 0 radical (unpaired) electrons. The number of aliphatic hydroxyl groups is 4. The summed E-state index contributed by atoms with van der Waals surface area (Å²) in [6, 6.07) is 11.1. The van der Waals surface area contributed by atoms with Gasteiger partial charge in [-0.05, 0) is 35.0 Å². The van der Waals surface area contributed by atoms with E-state index >= 15 is 0 Å². The molecule has 1 saturated heterocycles. The van der Waals surface area contributed by atoms with Crippen molar-refractivity contribution in [3.8, 4) is 5.75 Å². The summed E-state index contributed by atoms with van der Waals surface area (Å²) in [6.07, 6.45) is -6.45. The summed E-state index contributed by atoms with van der Waals surface area (Å²) in [5, 5.41) is 40.6. The monoisotopic (exact) mass is 384 g/mol. The van der Waals surface area contributed by atoms with Gasteiger partial charge in [-0.15, -0.1) is 0 Å². The number of rotatable bonds is 3. The Labute approximate surface area is 141 Å². The van der Waals surface area contributed by atoms with Gasteiger partial charge in [-0.25, -0.2) is 0 Å². The second-order valence-electron chi connectivity index (χ2n) is 5.47. The van der Waals surface area contributed by atoms with Crippen LogP contribution in [-0.4, -0.2) is 57.7 Å². The summed E-state index contributed by atoms with van der Waals surface area (Å²) in [6.45, 7) is -0.490. The Bertz CT molecular complexity index is 691. The highest BCUT2D eigenvalue weighted by Crippen LogP contribution is 2.28. The van der Waals surface area contributed by atoms with Crippen molar-refractivity contribution >= 4 is 26.7 Å². The van der Waals surface area contributed by atoms with Gasteiger partial charge in [-0.1, -0.05) is 28.1 Å². The Kier molecular flexibility index (Phi) is 4.86. The first kappa shape index (κ1) is 16.6. The number of hydrogen-bond donors (Lipinski definition) is 4. The van der Waals surface area contributed by atoms with Crippen molar-refractivity contribution in [3.63, 3.8) is 0 Å². The Balaban J connectivity index is 1.81. The van der Waals surface area contributed by atoms with E-state index < -0.39 is 37.3 Å². The van der Waals surface area contributed by atoms with E-state index in [9.17, 15) is 20.4 Å². The molecule has 0 aromatic heterocycles. The summed E-state index contributed by atoms with van der Waals surface area (Å²) in [5.41, 5.74) is 0. The van der Waals surface area contributed by atoms with E-state index in [0.29, 0.717) is 5.75 Å². The lowest BCUT2D eigenvalue weighted by molar-refractivity contribution is -0.277. The van der Waals surface area contributed by atoms with Crippen molar-refractivity contribution in [3.05, 3.63) is 40.9 Å². The molecular formula is C16H17BrO6. The van der Waals surface area contributed by atoms with Crippen LogP contribution in [0.3, 0.4) is 0 Å². The van der Waals surface area contributed by atoms with Crippen LogP contribution in [0, 0.1) is 0 Å². The molecular weight excluding hydrogens is 368 g/mol. The van der Waals surface area contributed by atoms with Gasteiger partial charge in [0.2, 0.25) is 6.29 Å². The maximum Gasteiger partial charge on any atom is 0.229 e. The Morgan fingerprint density at radius 1 is 0.957 bits per heavy atom. The van der Waals surface area contributed by atoms with Gasteiger partial charge >= 0.3 is 0 Å². The summed E-state index contributed by atoms with van der Waals surface area (Å²) in [5.74, 6) is 0.448. The fourth-order valence-corrected chi connectivity index (χ4v) is 2.95. The van der Waals surface area contributed by atoms with Gasteiger partial charge in [0, 0.05) is 4.47 Å². The molecule has 2 unspecified atom stereocenters. The first-order valence-corrected chi connectivity index (χ1v) is 7.95. The summed E-state index contributed by atoms with van der Waals surface area (Å²) in [7, 11) is 0. The molecule has 0 amide bonds. The SMILES string of the molecule is OCC1O[C@H](Oc2ccc3cc(Br)ccc3c2)C(O)[C@H](O)[C@@H]1O. The first-order chi connectivity index (χ1) is 11.0. The lowest BCUT2D eigenvalue weighted by Crippen LogP contribution is -2.60. The molecule has 0 aliphatic carbocycles. The minimum Gasteiger partial charge on any atom is -0.462 e. The molecule has 0 saturated carbocycles. The third kappa shape index (κ3) is 3.35. The third-order valence-electron chi connectivity index (χ3n) is 3.87. The van der Waals surface area contributed by atoms with Crippen LogP contribution in [-0.2, 0) is 4.74 Å². The highest BCUT2D eigenvalue weighted by atomic mass is 79.9. The van der Waals surface area contributed by atoms with Gasteiger partial charge in [0.15, 0.2) is 0 Å². The molecule has 0 spiro atoms. The highest BCUT2D eigenvalue weighted by molar-refractivity contribution is 9.10. The van der Waals surface area contributed by atoms with Gasteiger partial charge in [-0.3, -0.25) is 0 Å². The lowest BCUT2D eigenvalue weighted by Gasteiger charge is -2.39. The van der Waals surface area contributed by atoms with Gasteiger partial charge in [0.05, 0.1) is 6.61 Å². The second-order valence-corrected chi connectivity index (χ2v) is 6.38. The van der Waals surface area contributed by atoms with Crippen molar-refractivity contribution < 1.29 is 29.9 Å². The molecule has 2 aromatic carbocycles. The molecule has 0 bridgehead atoms. The first-order valence-electron chi connectivity index (χ1n) is 7.16. The molecule has 7 heteroatoms. The molecule has 5 atom stereocenters. The molecule has 1 fully saturated rings. The molecule has 6 nitrogen and oxygen atoms in total. The van der Waals surface area contributed by atoms with Crippen molar-refractivity contribution in [2.75, 3.05) is 6.61 Å². The van der Waals surface area contributed by atoms with E-state index in [1.807, 2.05) is 24.3 Å². The number of benzene rings is 2. The predicted molar refractivity (Wildman–Crippen MR) is 86.0 cm³/mol. The average molecular weight is 385 g/mol. The second kappa shape index (κ2) is 6.72. The standard InChI is InChI=1S/C16H17BrO6/c17-10-3-1-9-6-11(4-2-8(9)5-10)22-16-15(21)14(20)13(19)12(7-18)23-16/h1-6,12-16,18-21H,7H2/t12?,13-,14-,15?,16+/m1/s1. The number of ether oxygens (including phenoxy) is 2. The Morgan fingerprint density at radius 2 is 1.65 bits per heavy atom. The van der Waals surface area contributed by atoms with Crippen LogP contribution in [0.25, 0.3) is 10.8 Å². The van der Waals surface area contributed by atoms with Crippen LogP contribution in [0.15, 0.2) is 40.9 Å². The molecule has 2 aromatic rings. The fourth-order valence-electron chi connectivity index (χ4n) is 2.57. The maximum atomic E-state index is 9.98. The van der Waals surface area contributed by atoms with Crippen molar-refractivity contribution in [1.82, 2.24) is 0 Å². The van der Waals surface area contributed by atoms with Crippen LogP contribution < -0.4 is 4.74 Å². The molecule has 1 aliphatic rings. The van der Waals surface area contributed by atoms with E-state index in [1.165, 1.54) is 0 Å². The highest BCUT2D eigenvalue weighted by Gasteiger charge is 2.44. The molecule has 124 valence electrons. The summed E-state index contributed by atoms with van der Waals surface area (Å²) >= 11 is 3.41. The zero-order valence-corrected chi connectivity index (χ0v) is 13.6. The molecule has 23 heavy (non-hydrogen) atoms. The minimum atomic E-state index is -1.46. The topological polar surface area (TPSA) is 99.4 Å². The maximum absolute atomic E-state index is 9.98.